The summed E-state index contributed by atoms with van der Waals surface area (Å²) in [5, 5.41) is 8.87. The van der Waals surface area contributed by atoms with E-state index in [2.05, 4.69) is 6.92 Å². The number of aromatic carboxylic acids is 1. The van der Waals surface area contributed by atoms with Crippen molar-refractivity contribution in [3.8, 4) is 0 Å². The third kappa shape index (κ3) is 4.79. The fourth-order valence-corrected chi connectivity index (χ4v) is 3.01. The number of hydrogen-bond donors (Lipinski definition) is 1. The molecular formula is C18H25NO4. The van der Waals surface area contributed by atoms with Crippen LogP contribution in [0, 0.1) is 5.41 Å². The van der Waals surface area contributed by atoms with E-state index in [1.165, 1.54) is 0 Å². The lowest BCUT2D eigenvalue weighted by Crippen LogP contribution is -2.43. The Balaban J connectivity index is 1.80. The molecule has 0 spiro atoms. The molecule has 1 amide bonds. The highest BCUT2D eigenvalue weighted by atomic mass is 16.5. The van der Waals surface area contributed by atoms with Crippen molar-refractivity contribution in [3.63, 3.8) is 0 Å². The van der Waals surface area contributed by atoms with Gasteiger partial charge in [0.25, 0.3) is 0 Å². The van der Waals surface area contributed by atoms with Gasteiger partial charge in [-0.05, 0) is 42.4 Å². The van der Waals surface area contributed by atoms with Crippen molar-refractivity contribution in [2.75, 3.05) is 26.8 Å². The lowest BCUT2D eigenvalue weighted by Gasteiger charge is -2.39. The number of nitrogens with zero attached hydrogens (tertiary/aromatic N) is 1. The molecule has 1 aliphatic heterocycles. The normalized spacial score (nSPS) is 17.0. The molecule has 5 heteroatoms. The Hall–Kier alpha value is -1.88. The standard InChI is InChI=1S/C18H25NO4/c1-18(13-23-2)9-11-19(12-10-18)16(20)8-5-14-3-6-15(7-4-14)17(21)22/h3-4,6-7H,5,8-13H2,1-2H3,(H,21,22). The molecule has 2 rings (SSSR count). The molecule has 0 bridgehead atoms. The number of benzene rings is 1. The maximum atomic E-state index is 12.3. The number of carboxylic acid groups (broad SMARTS) is 1. The summed E-state index contributed by atoms with van der Waals surface area (Å²) >= 11 is 0. The fraction of sp³-hybridized carbons (Fsp3) is 0.556. The lowest BCUT2D eigenvalue weighted by atomic mass is 9.81. The number of carboxylic acids is 1. The Morgan fingerprint density at radius 3 is 2.35 bits per heavy atom. The first kappa shape index (κ1) is 17.5. The van der Waals surface area contributed by atoms with Gasteiger partial charge in [0.2, 0.25) is 5.91 Å². The number of ether oxygens (including phenoxy) is 1. The number of amides is 1. The average Bonchev–Trinajstić information content (AvgIpc) is 2.53. The van der Waals surface area contributed by atoms with E-state index < -0.39 is 5.97 Å². The van der Waals surface area contributed by atoms with Crippen LogP contribution in [-0.4, -0.2) is 48.7 Å². The van der Waals surface area contributed by atoms with Gasteiger partial charge in [-0.2, -0.15) is 0 Å². The van der Waals surface area contributed by atoms with Gasteiger partial charge in [0.15, 0.2) is 0 Å². The second kappa shape index (κ2) is 7.59. The molecule has 0 aliphatic carbocycles. The molecule has 1 saturated heterocycles. The SMILES string of the molecule is COCC1(C)CCN(C(=O)CCc2ccc(C(=O)O)cc2)CC1. The van der Waals surface area contributed by atoms with Gasteiger partial charge in [0.1, 0.15) is 0 Å². The highest BCUT2D eigenvalue weighted by Gasteiger charge is 2.31. The van der Waals surface area contributed by atoms with Gasteiger partial charge in [-0.15, -0.1) is 0 Å². The second-order valence-electron chi connectivity index (χ2n) is 6.63. The van der Waals surface area contributed by atoms with Crippen LogP contribution in [-0.2, 0) is 16.0 Å². The summed E-state index contributed by atoms with van der Waals surface area (Å²) in [5.74, 6) is -0.758. The van der Waals surface area contributed by atoms with Gasteiger partial charge in [0.05, 0.1) is 12.2 Å². The topological polar surface area (TPSA) is 66.8 Å². The summed E-state index contributed by atoms with van der Waals surface area (Å²) in [6.45, 7) is 4.53. The zero-order valence-corrected chi connectivity index (χ0v) is 13.9. The van der Waals surface area contributed by atoms with E-state index in [4.69, 9.17) is 9.84 Å². The molecule has 1 fully saturated rings. The average molecular weight is 319 g/mol. The third-order valence-corrected chi connectivity index (χ3v) is 4.64. The van der Waals surface area contributed by atoms with Crippen molar-refractivity contribution in [2.45, 2.75) is 32.6 Å². The maximum Gasteiger partial charge on any atom is 0.335 e. The minimum Gasteiger partial charge on any atom is -0.478 e. The second-order valence-corrected chi connectivity index (χ2v) is 6.63. The summed E-state index contributed by atoms with van der Waals surface area (Å²) in [5.41, 5.74) is 1.44. The first-order chi connectivity index (χ1) is 10.9. The number of rotatable bonds is 6. The van der Waals surface area contributed by atoms with Crippen molar-refractivity contribution in [3.05, 3.63) is 35.4 Å². The van der Waals surface area contributed by atoms with Crippen LogP contribution < -0.4 is 0 Å². The predicted molar refractivity (Wildman–Crippen MR) is 87.5 cm³/mol. The molecule has 1 N–H and O–H groups in total. The summed E-state index contributed by atoms with van der Waals surface area (Å²) in [6, 6.07) is 6.73. The number of carbonyl (C=O) groups is 2. The monoisotopic (exact) mass is 319 g/mol. The summed E-state index contributed by atoms with van der Waals surface area (Å²) < 4.78 is 5.27. The largest absolute Gasteiger partial charge is 0.478 e. The molecule has 23 heavy (non-hydrogen) atoms. The number of methoxy groups -OCH3 is 1. The molecule has 1 aliphatic rings. The van der Waals surface area contributed by atoms with Crippen molar-refractivity contribution in [1.29, 1.82) is 0 Å². The van der Waals surface area contributed by atoms with E-state index in [1.54, 1.807) is 31.4 Å². The first-order valence-corrected chi connectivity index (χ1v) is 8.02. The summed E-state index contributed by atoms with van der Waals surface area (Å²) in [4.78, 5) is 25.1. The number of aryl methyl sites for hydroxylation is 1. The Labute approximate surface area is 137 Å². The molecule has 0 saturated carbocycles. The van der Waals surface area contributed by atoms with Crippen LogP contribution in [0.4, 0.5) is 0 Å². The molecule has 5 nitrogen and oxygen atoms in total. The van der Waals surface area contributed by atoms with Crippen molar-refractivity contribution >= 4 is 11.9 Å². The number of piperidine rings is 1. The van der Waals surface area contributed by atoms with Crippen molar-refractivity contribution in [2.24, 2.45) is 5.41 Å². The van der Waals surface area contributed by atoms with Gasteiger partial charge in [-0.25, -0.2) is 4.79 Å². The number of hydrogen-bond acceptors (Lipinski definition) is 3. The third-order valence-electron chi connectivity index (χ3n) is 4.64. The van der Waals surface area contributed by atoms with Gasteiger partial charge in [-0.1, -0.05) is 19.1 Å². The van der Waals surface area contributed by atoms with Crippen molar-refractivity contribution < 1.29 is 19.4 Å². The molecule has 0 aromatic heterocycles. The predicted octanol–water partition coefficient (Wildman–Crippen LogP) is 2.59. The Bertz CT molecular complexity index is 545. The van der Waals surface area contributed by atoms with Crippen LogP contribution >= 0.6 is 0 Å². The van der Waals surface area contributed by atoms with Crippen LogP contribution in [0.25, 0.3) is 0 Å². The summed E-state index contributed by atoms with van der Waals surface area (Å²) in [7, 11) is 1.72. The zero-order chi connectivity index (χ0) is 16.9. The molecule has 126 valence electrons. The molecule has 1 heterocycles. The van der Waals surface area contributed by atoms with Crippen LogP contribution in [0.1, 0.15) is 42.1 Å². The van der Waals surface area contributed by atoms with Gasteiger partial charge < -0.3 is 14.7 Å². The summed E-state index contributed by atoms with van der Waals surface area (Å²) in [6.07, 6.45) is 3.05. The van der Waals surface area contributed by atoms with E-state index in [0.29, 0.717) is 12.8 Å². The Kier molecular flexibility index (Phi) is 5.77. The minimum absolute atomic E-state index is 0.173. The minimum atomic E-state index is -0.931. The zero-order valence-electron chi connectivity index (χ0n) is 13.9. The molecule has 1 aromatic carbocycles. The lowest BCUT2D eigenvalue weighted by molar-refractivity contribution is -0.133. The Morgan fingerprint density at radius 1 is 1.22 bits per heavy atom. The Morgan fingerprint density at radius 2 is 1.83 bits per heavy atom. The van der Waals surface area contributed by atoms with Crippen LogP contribution in [0.15, 0.2) is 24.3 Å². The smallest absolute Gasteiger partial charge is 0.335 e. The van der Waals surface area contributed by atoms with Gasteiger partial charge >= 0.3 is 5.97 Å². The highest BCUT2D eigenvalue weighted by molar-refractivity contribution is 5.87. The molecular weight excluding hydrogens is 294 g/mol. The quantitative estimate of drug-likeness (QED) is 0.875. The molecule has 1 aromatic rings. The first-order valence-electron chi connectivity index (χ1n) is 8.02. The van der Waals surface area contributed by atoms with E-state index in [9.17, 15) is 9.59 Å². The highest BCUT2D eigenvalue weighted by Crippen LogP contribution is 2.31. The van der Waals surface area contributed by atoms with E-state index in [0.717, 1.165) is 38.1 Å². The molecule has 0 atom stereocenters. The number of likely N-dealkylation sites (tertiary alicyclic amines) is 1. The van der Waals surface area contributed by atoms with Gasteiger partial charge in [0, 0.05) is 26.6 Å². The van der Waals surface area contributed by atoms with Crippen molar-refractivity contribution in [1.82, 2.24) is 4.90 Å². The molecule has 0 radical (unpaired) electrons. The van der Waals surface area contributed by atoms with Gasteiger partial charge in [-0.3, -0.25) is 4.79 Å². The van der Waals surface area contributed by atoms with E-state index in [-0.39, 0.29) is 16.9 Å². The fourth-order valence-electron chi connectivity index (χ4n) is 3.01. The van der Waals surface area contributed by atoms with Crippen LogP contribution in [0.3, 0.4) is 0 Å². The van der Waals surface area contributed by atoms with Crippen LogP contribution in [0.2, 0.25) is 0 Å². The number of carbonyl (C=O) groups excluding carboxylic acids is 1. The van der Waals surface area contributed by atoms with Crippen LogP contribution in [0.5, 0.6) is 0 Å². The van der Waals surface area contributed by atoms with E-state index in [1.807, 2.05) is 4.90 Å². The molecule has 0 unspecified atom stereocenters. The maximum absolute atomic E-state index is 12.3. The van der Waals surface area contributed by atoms with E-state index >= 15 is 0 Å².